The second-order valence-corrected chi connectivity index (χ2v) is 5.92. The lowest BCUT2D eigenvalue weighted by molar-refractivity contribution is 0.101. The van der Waals surface area contributed by atoms with E-state index in [0.717, 1.165) is 5.75 Å². The highest BCUT2D eigenvalue weighted by Gasteiger charge is 2.11. The molecular weight excluding hydrogens is 313 g/mol. The molecule has 5 nitrogen and oxygen atoms in total. The van der Waals surface area contributed by atoms with Gasteiger partial charge in [-0.25, -0.2) is 4.39 Å². The maximum absolute atomic E-state index is 13.5. The zero-order valence-corrected chi connectivity index (χ0v) is 13.2. The average Bonchev–Trinajstić information content (AvgIpc) is 2.93. The average molecular weight is 327 g/mol. The van der Waals surface area contributed by atoms with Crippen LogP contribution in [0.4, 0.5) is 9.52 Å². The summed E-state index contributed by atoms with van der Waals surface area (Å²) in [4.78, 5) is 16.2. The minimum Gasteiger partial charge on any atom is -0.494 e. The Labute approximate surface area is 130 Å². The summed E-state index contributed by atoms with van der Waals surface area (Å²) < 4.78 is 22.5. The highest BCUT2D eigenvalue weighted by Crippen LogP contribution is 2.20. The summed E-state index contributed by atoms with van der Waals surface area (Å²) in [5.41, 5.74) is 0.286. The predicted octanol–water partition coefficient (Wildman–Crippen LogP) is 3.09. The van der Waals surface area contributed by atoms with Gasteiger partial charge in [0.1, 0.15) is 0 Å². The number of aromatic nitrogens is 2. The minimum absolute atomic E-state index is 0.0389. The van der Waals surface area contributed by atoms with E-state index in [-0.39, 0.29) is 23.6 Å². The van der Waals surface area contributed by atoms with Gasteiger partial charge < -0.3 is 10.1 Å². The van der Waals surface area contributed by atoms with Crippen molar-refractivity contribution in [1.29, 1.82) is 0 Å². The Morgan fingerprint density at radius 3 is 3.00 bits per heavy atom. The molecule has 0 saturated heterocycles. The van der Waals surface area contributed by atoms with Gasteiger partial charge in [-0.2, -0.15) is 9.36 Å². The fraction of sp³-hybridized carbons (Fsp3) is 0.308. The normalized spacial score (nSPS) is 10.4. The Hall–Kier alpha value is -1.67. The van der Waals surface area contributed by atoms with Crippen LogP contribution >= 0.6 is 23.3 Å². The lowest BCUT2D eigenvalue weighted by atomic mass is 10.1. The van der Waals surface area contributed by atoms with Crippen molar-refractivity contribution in [2.24, 2.45) is 0 Å². The fourth-order valence-electron chi connectivity index (χ4n) is 1.57. The van der Waals surface area contributed by atoms with E-state index in [0.29, 0.717) is 10.3 Å². The fourth-order valence-corrected chi connectivity index (χ4v) is 2.83. The van der Waals surface area contributed by atoms with E-state index in [1.54, 1.807) is 0 Å². The number of methoxy groups -OCH3 is 1. The van der Waals surface area contributed by atoms with Crippen LogP contribution in [0.15, 0.2) is 23.4 Å². The highest BCUT2D eigenvalue weighted by atomic mass is 32.2. The van der Waals surface area contributed by atoms with Crippen LogP contribution in [0.2, 0.25) is 0 Å². The summed E-state index contributed by atoms with van der Waals surface area (Å²) in [6.45, 7) is 2.05. The molecular formula is C13H14FN3O2S2. The first kappa shape index (κ1) is 15.7. The number of hydrogen-bond donors (Lipinski definition) is 1. The van der Waals surface area contributed by atoms with Crippen LogP contribution in [0, 0.1) is 5.82 Å². The van der Waals surface area contributed by atoms with E-state index >= 15 is 0 Å². The Morgan fingerprint density at radius 2 is 2.33 bits per heavy atom. The molecule has 0 fully saturated rings. The van der Waals surface area contributed by atoms with E-state index in [2.05, 4.69) is 14.7 Å². The third-order valence-electron chi connectivity index (χ3n) is 2.55. The number of Topliss-reactive ketones (excluding diaryl/α,β-unsaturated/α-hetero) is 1. The zero-order valence-electron chi connectivity index (χ0n) is 11.6. The quantitative estimate of drug-likeness (QED) is 0.623. The summed E-state index contributed by atoms with van der Waals surface area (Å²) in [7, 11) is 1.38. The summed E-state index contributed by atoms with van der Waals surface area (Å²) >= 11 is 2.73. The first-order valence-corrected chi connectivity index (χ1v) is 7.97. The Kier molecular flexibility index (Phi) is 5.51. The molecule has 1 aromatic heterocycles. The van der Waals surface area contributed by atoms with Gasteiger partial charge in [0.25, 0.3) is 0 Å². The van der Waals surface area contributed by atoms with Crippen LogP contribution in [0.1, 0.15) is 17.3 Å². The van der Waals surface area contributed by atoms with Crippen LogP contribution in [0.25, 0.3) is 0 Å². The van der Waals surface area contributed by atoms with Crippen LogP contribution in [-0.2, 0) is 0 Å². The van der Waals surface area contributed by atoms with Crippen molar-refractivity contribution in [2.45, 2.75) is 12.1 Å². The maximum atomic E-state index is 13.5. The number of carbonyl (C=O) groups excluding carboxylic acids is 1. The van der Waals surface area contributed by atoms with Gasteiger partial charge in [-0.1, -0.05) is 18.7 Å². The molecule has 0 amide bonds. The van der Waals surface area contributed by atoms with Crippen molar-refractivity contribution >= 4 is 34.2 Å². The van der Waals surface area contributed by atoms with Crippen molar-refractivity contribution in [2.75, 3.05) is 24.7 Å². The number of carbonyl (C=O) groups is 1. The zero-order chi connectivity index (χ0) is 15.2. The molecule has 8 heteroatoms. The van der Waals surface area contributed by atoms with Crippen LogP contribution in [-0.4, -0.2) is 34.5 Å². The molecule has 1 aromatic carbocycles. The first-order chi connectivity index (χ1) is 10.1. The number of nitrogens with zero attached hydrogens (tertiary/aromatic N) is 2. The van der Waals surface area contributed by atoms with Gasteiger partial charge in [0.05, 0.1) is 13.7 Å². The lowest BCUT2D eigenvalue weighted by Crippen LogP contribution is -2.14. The van der Waals surface area contributed by atoms with E-state index in [1.165, 1.54) is 48.6 Å². The third kappa shape index (κ3) is 4.15. The number of halogens is 1. The van der Waals surface area contributed by atoms with Crippen molar-refractivity contribution < 1.29 is 13.9 Å². The maximum Gasteiger partial charge on any atom is 0.203 e. The third-order valence-corrected chi connectivity index (χ3v) is 4.07. The molecule has 0 spiro atoms. The molecule has 2 rings (SSSR count). The van der Waals surface area contributed by atoms with E-state index in [9.17, 15) is 9.18 Å². The number of anilines is 1. The Bertz CT molecular complexity index is 634. The van der Waals surface area contributed by atoms with Crippen molar-refractivity contribution in [1.82, 2.24) is 9.36 Å². The van der Waals surface area contributed by atoms with E-state index in [4.69, 9.17) is 4.74 Å². The van der Waals surface area contributed by atoms with Crippen LogP contribution < -0.4 is 10.1 Å². The molecule has 2 aromatic rings. The van der Waals surface area contributed by atoms with E-state index in [1.807, 2.05) is 6.92 Å². The molecule has 0 aliphatic rings. The second-order valence-electron chi connectivity index (χ2n) is 3.94. The molecule has 112 valence electrons. The van der Waals surface area contributed by atoms with Gasteiger partial charge in [-0.3, -0.25) is 4.79 Å². The lowest BCUT2D eigenvalue weighted by Gasteiger charge is -2.05. The van der Waals surface area contributed by atoms with Crippen molar-refractivity contribution in [3.63, 3.8) is 0 Å². The number of ether oxygens (including phenoxy) is 1. The molecule has 1 N–H and O–H groups in total. The van der Waals surface area contributed by atoms with Gasteiger partial charge in [-0.15, -0.1) is 0 Å². The van der Waals surface area contributed by atoms with Gasteiger partial charge in [0, 0.05) is 17.1 Å². The molecule has 0 bridgehead atoms. The first-order valence-electron chi connectivity index (χ1n) is 6.21. The summed E-state index contributed by atoms with van der Waals surface area (Å²) in [5.74, 6) is 0.224. The summed E-state index contributed by atoms with van der Waals surface area (Å²) in [6, 6.07) is 4.13. The number of benzene rings is 1. The Morgan fingerprint density at radius 1 is 1.52 bits per heavy atom. The monoisotopic (exact) mass is 327 g/mol. The Balaban J connectivity index is 1.96. The van der Waals surface area contributed by atoms with E-state index < -0.39 is 5.82 Å². The van der Waals surface area contributed by atoms with Crippen LogP contribution in [0.3, 0.4) is 0 Å². The second kappa shape index (κ2) is 7.37. The molecule has 0 aliphatic carbocycles. The molecule has 0 aliphatic heterocycles. The summed E-state index contributed by atoms with van der Waals surface area (Å²) in [5, 5.41) is 4.16. The van der Waals surface area contributed by atoms with Gasteiger partial charge in [-0.05, 0) is 24.0 Å². The molecule has 0 atom stereocenters. The van der Waals surface area contributed by atoms with Gasteiger partial charge in [0.15, 0.2) is 17.3 Å². The largest absolute Gasteiger partial charge is 0.494 e. The number of nitrogens with one attached hydrogen (secondary N) is 1. The number of rotatable bonds is 7. The van der Waals surface area contributed by atoms with Crippen molar-refractivity contribution in [3.05, 3.63) is 29.6 Å². The highest BCUT2D eigenvalue weighted by molar-refractivity contribution is 7.99. The molecule has 0 unspecified atom stereocenters. The smallest absolute Gasteiger partial charge is 0.203 e. The summed E-state index contributed by atoms with van der Waals surface area (Å²) in [6.07, 6.45) is 0. The number of hydrogen-bond acceptors (Lipinski definition) is 7. The van der Waals surface area contributed by atoms with Crippen LogP contribution in [0.5, 0.6) is 5.75 Å². The molecule has 0 saturated carbocycles. The minimum atomic E-state index is -0.555. The predicted molar refractivity (Wildman–Crippen MR) is 82.1 cm³/mol. The molecule has 21 heavy (non-hydrogen) atoms. The van der Waals surface area contributed by atoms with Gasteiger partial charge >= 0.3 is 0 Å². The van der Waals surface area contributed by atoms with Crippen molar-refractivity contribution in [3.8, 4) is 5.75 Å². The van der Waals surface area contributed by atoms with Gasteiger partial charge in [0.2, 0.25) is 10.3 Å². The number of thioether (sulfide) groups is 1. The topological polar surface area (TPSA) is 64.1 Å². The molecule has 1 heterocycles. The molecule has 0 radical (unpaired) electrons. The number of ketones is 1. The standard InChI is InChI=1S/C13H14FN3O2S2/c1-3-20-13-16-12(21-17-13)15-7-10(18)8-4-5-11(19-2)9(14)6-8/h4-6H,3,7H2,1-2H3,(H,15,16,17). The SMILES string of the molecule is CCSc1nsc(NCC(=O)c2ccc(OC)c(F)c2)n1.